The van der Waals surface area contributed by atoms with Crippen molar-refractivity contribution in [2.24, 2.45) is 5.10 Å². The summed E-state index contributed by atoms with van der Waals surface area (Å²) in [6.07, 6.45) is -3.60. The molecule has 0 aliphatic rings. The van der Waals surface area contributed by atoms with Gasteiger partial charge in [-0.25, -0.2) is 5.43 Å². The maximum Gasteiger partial charge on any atom is 0.416 e. The van der Waals surface area contributed by atoms with Gasteiger partial charge in [0.15, 0.2) is 5.75 Å². The van der Waals surface area contributed by atoms with Crippen LogP contribution in [0.3, 0.4) is 0 Å². The molecule has 9 nitrogen and oxygen atoms in total. The Labute approximate surface area is 211 Å². The van der Waals surface area contributed by atoms with Gasteiger partial charge in [-0.15, -0.1) is 0 Å². The van der Waals surface area contributed by atoms with E-state index in [2.05, 4.69) is 26.5 Å². The molecule has 36 heavy (non-hydrogen) atoms. The summed E-state index contributed by atoms with van der Waals surface area (Å²) >= 11 is 3.17. The minimum absolute atomic E-state index is 0.0703. The first kappa shape index (κ1) is 26.8. The first-order chi connectivity index (χ1) is 16.8. The topological polar surface area (TPSA) is 128 Å². The van der Waals surface area contributed by atoms with E-state index in [1.165, 1.54) is 36.5 Å². The third kappa shape index (κ3) is 7.11. The molecule has 1 amide bonds. The molecular formula is C22H15BrF3N3O6S. The fourth-order valence-corrected chi connectivity index (χ4v) is 4.36. The van der Waals surface area contributed by atoms with Crippen molar-refractivity contribution < 1.29 is 35.5 Å². The Kier molecular flexibility index (Phi) is 8.10. The quantitative estimate of drug-likeness (QED) is 0.174. The molecule has 3 aromatic carbocycles. The summed E-state index contributed by atoms with van der Waals surface area (Å²) in [6.45, 7) is 0. The average Bonchev–Trinajstić information content (AvgIpc) is 2.80. The fraction of sp³-hybridized carbons (Fsp3) is 0.0909. The number of hydrogen-bond acceptors (Lipinski definition) is 7. The third-order valence-electron chi connectivity index (χ3n) is 4.51. The highest BCUT2D eigenvalue weighted by molar-refractivity contribution is 9.10. The van der Waals surface area contributed by atoms with Gasteiger partial charge in [0.25, 0.3) is 5.69 Å². The molecule has 3 aromatic rings. The van der Waals surface area contributed by atoms with Crippen LogP contribution in [0, 0.1) is 10.1 Å². The number of alkyl halides is 3. The Morgan fingerprint density at radius 3 is 2.42 bits per heavy atom. The summed E-state index contributed by atoms with van der Waals surface area (Å²) in [5.41, 5.74) is 1.66. The largest absolute Gasteiger partial charge is 0.416 e. The van der Waals surface area contributed by atoms with Crippen molar-refractivity contribution in [3.05, 3.63) is 98.0 Å². The first-order valence-corrected chi connectivity index (χ1v) is 12.0. The highest BCUT2D eigenvalue weighted by Gasteiger charge is 2.30. The zero-order chi connectivity index (χ0) is 26.5. The Morgan fingerprint density at radius 1 is 1.11 bits per heavy atom. The van der Waals surface area contributed by atoms with Gasteiger partial charge in [-0.1, -0.05) is 18.2 Å². The Morgan fingerprint density at radius 2 is 1.81 bits per heavy atom. The van der Waals surface area contributed by atoms with E-state index in [4.69, 9.17) is 4.18 Å². The number of amides is 1. The van der Waals surface area contributed by atoms with Crippen LogP contribution in [0.15, 0.2) is 81.2 Å². The molecule has 0 spiro atoms. The van der Waals surface area contributed by atoms with Gasteiger partial charge >= 0.3 is 16.3 Å². The molecule has 0 heterocycles. The summed E-state index contributed by atoms with van der Waals surface area (Å²) in [6, 6.07) is 12.7. The van der Waals surface area contributed by atoms with Crippen LogP contribution >= 0.6 is 15.9 Å². The van der Waals surface area contributed by atoms with Gasteiger partial charge in [-0.2, -0.15) is 26.7 Å². The van der Waals surface area contributed by atoms with Gasteiger partial charge < -0.3 is 4.18 Å². The highest BCUT2D eigenvalue weighted by atomic mass is 79.9. The van der Waals surface area contributed by atoms with Gasteiger partial charge in [0.1, 0.15) is 4.90 Å². The number of nitrogens with one attached hydrogen (secondary N) is 1. The van der Waals surface area contributed by atoms with Gasteiger partial charge in [0.05, 0.1) is 27.6 Å². The molecule has 0 atom stereocenters. The predicted molar refractivity (Wildman–Crippen MR) is 126 cm³/mol. The first-order valence-electron chi connectivity index (χ1n) is 9.82. The predicted octanol–water partition coefficient (Wildman–Crippen LogP) is 4.84. The summed E-state index contributed by atoms with van der Waals surface area (Å²) < 4.78 is 68.5. The molecule has 0 bridgehead atoms. The van der Waals surface area contributed by atoms with Gasteiger partial charge in [-0.3, -0.25) is 14.9 Å². The normalized spacial score (nSPS) is 11.9. The van der Waals surface area contributed by atoms with Crippen molar-refractivity contribution in [3.8, 4) is 5.75 Å². The van der Waals surface area contributed by atoms with Gasteiger partial charge in [-0.05, 0) is 63.5 Å². The second-order valence-corrected chi connectivity index (χ2v) is 9.55. The molecular weight excluding hydrogens is 571 g/mol. The van der Waals surface area contributed by atoms with Crippen LogP contribution in [0.25, 0.3) is 0 Å². The lowest BCUT2D eigenvalue weighted by Gasteiger charge is -2.09. The highest BCUT2D eigenvalue weighted by Crippen LogP contribution is 2.30. The number of nitrogens with zero attached hydrogens (tertiary/aromatic N) is 2. The van der Waals surface area contributed by atoms with E-state index in [0.717, 1.165) is 36.4 Å². The monoisotopic (exact) mass is 585 g/mol. The number of non-ortho nitro benzene ring substituents is 1. The molecule has 0 fully saturated rings. The molecule has 0 radical (unpaired) electrons. The lowest BCUT2D eigenvalue weighted by atomic mass is 10.1. The van der Waals surface area contributed by atoms with Gasteiger partial charge in [0.2, 0.25) is 5.91 Å². The zero-order valence-corrected chi connectivity index (χ0v) is 20.3. The van der Waals surface area contributed by atoms with E-state index in [1.54, 1.807) is 0 Å². The molecule has 0 saturated heterocycles. The minimum atomic E-state index is -4.52. The zero-order valence-electron chi connectivity index (χ0n) is 17.9. The lowest BCUT2D eigenvalue weighted by molar-refractivity contribution is -0.384. The van der Waals surface area contributed by atoms with Crippen LogP contribution < -0.4 is 9.61 Å². The van der Waals surface area contributed by atoms with E-state index in [1.807, 2.05) is 0 Å². The number of nitro benzene ring substituents is 1. The maximum atomic E-state index is 12.8. The number of hydrazone groups is 1. The standard InChI is InChI=1S/C22H15BrF3N3O6S/c23-19-11-15(13-27-28-21(30)12-14-2-1-3-16(10-14)22(24,25)26)4-9-20(19)35-36(33,34)18-7-5-17(6-8-18)29(31)32/h1-11,13H,12H2,(H,28,30)/b27-13-. The Hall–Kier alpha value is -3.78. The van der Waals surface area contributed by atoms with E-state index < -0.39 is 32.7 Å². The number of carbonyl (C=O) groups is 1. The smallest absolute Gasteiger partial charge is 0.378 e. The molecule has 14 heteroatoms. The summed E-state index contributed by atoms with van der Waals surface area (Å²) in [5, 5.41) is 14.5. The third-order valence-corrected chi connectivity index (χ3v) is 6.38. The van der Waals surface area contributed by atoms with E-state index in [9.17, 15) is 36.5 Å². The number of hydrogen-bond donors (Lipinski definition) is 1. The fourth-order valence-electron chi connectivity index (χ4n) is 2.83. The molecule has 0 aromatic heterocycles. The van der Waals surface area contributed by atoms with Crippen molar-refractivity contribution in [3.63, 3.8) is 0 Å². The Balaban J connectivity index is 1.62. The second-order valence-electron chi connectivity index (χ2n) is 7.15. The average molecular weight is 586 g/mol. The SMILES string of the molecule is O=C(Cc1cccc(C(F)(F)F)c1)N/N=C\c1ccc(OS(=O)(=O)c2ccc([N+](=O)[O-])cc2)c(Br)c1. The van der Waals surface area contributed by atoms with Crippen molar-refractivity contribution in [2.45, 2.75) is 17.5 Å². The van der Waals surface area contributed by atoms with Crippen molar-refractivity contribution in [2.75, 3.05) is 0 Å². The van der Waals surface area contributed by atoms with Crippen molar-refractivity contribution in [1.29, 1.82) is 0 Å². The van der Waals surface area contributed by atoms with Crippen molar-refractivity contribution in [1.82, 2.24) is 5.43 Å². The summed E-state index contributed by atoms with van der Waals surface area (Å²) in [7, 11) is -4.28. The van der Waals surface area contributed by atoms with Crippen LogP contribution in [-0.2, 0) is 27.5 Å². The van der Waals surface area contributed by atoms with Crippen LogP contribution in [0.4, 0.5) is 18.9 Å². The summed E-state index contributed by atoms with van der Waals surface area (Å²) in [5.74, 6) is -0.710. The van der Waals surface area contributed by atoms with Crippen LogP contribution in [0.5, 0.6) is 5.75 Å². The number of rotatable bonds is 8. The molecule has 0 aliphatic heterocycles. The molecule has 0 aliphatic carbocycles. The van der Waals surface area contributed by atoms with Crippen molar-refractivity contribution >= 4 is 43.9 Å². The molecule has 0 unspecified atom stereocenters. The minimum Gasteiger partial charge on any atom is -0.378 e. The number of halogens is 4. The molecule has 3 rings (SSSR count). The van der Waals surface area contributed by atoms with Crippen LogP contribution in [0.2, 0.25) is 0 Å². The van der Waals surface area contributed by atoms with Crippen LogP contribution in [-0.4, -0.2) is 25.5 Å². The molecule has 1 N–H and O–H groups in total. The van der Waals surface area contributed by atoms with E-state index >= 15 is 0 Å². The molecule has 188 valence electrons. The van der Waals surface area contributed by atoms with E-state index in [0.29, 0.717) is 5.56 Å². The maximum absolute atomic E-state index is 12.8. The number of benzene rings is 3. The second kappa shape index (κ2) is 10.9. The molecule has 0 saturated carbocycles. The Bertz CT molecular complexity index is 1430. The lowest BCUT2D eigenvalue weighted by Crippen LogP contribution is -2.20. The summed E-state index contributed by atoms with van der Waals surface area (Å²) in [4.78, 5) is 21.8. The van der Waals surface area contributed by atoms with Crippen LogP contribution in [0.1, 0.15) is 16.7 Å². The number of carbonyl (C=O) groups excluding carboxylic acids is 1. The van der Waals surface area contributed by atoms with E-state index in [-0.39, 0.29) is 32.8 Å². The number of nitro groups is 1. The van der Waals surface area contributed by atoms with Gasteiger partial charge in [0, 0.05) is 12.1 Å².